The number of methoxy groups -OCH3 is 1. The van der Waals surface area contributed by atoms with Crippen molar-refractivity contribution in [2.75, 3.05) is 7.11 Å². The Bertz CT molecular complexity index is 960. The average Bonchev–Trinajstić information content (AvgIpc) is 2.82. The highest BCUT2D eigenvalue weighted by molar-refractivity contribution is 6.01. The summed E-state index contributed by atoms with van der Waals surface area (Å²) in [5, 5.41) is 3.07. The monoisotopic (exact) mass is 452 g/mol. The van der Waals surface area contributed by atoms with Crippen molar-refractivity contribution in [1.82, 2.24) is 5.32 Å². The summed E-state index contributed by atoms with van der Waals surface area (Å²) in [4.78, 5) is 18.2. The van der Waals surface area contributed by atoms with E-state index in [-0.39, 0.29) is 17.6 Å². The number of hydrogen-bond donors (Lipinski definition) is 1. The minimum Gasteiger partial charge on any atom is -0.497 e. The molecule has 0 fully saturated rings. The van der Waals surface area contributed by atoms with Crippen LogP contribution in [0, 0.1) is 11.2 Å². The summed E-state index contributed by atoms with van der Waals surface area (Å²) in [5.74, 6) is 0.859. The Kier molecular flexibility index (Phi) is 9.83. The molecule has 0 saturated carbocycles. The van der Waals surface area contributed by atoms with Gasteiger partial charge >= 0.3 is 0 Å². The zero-order valence-corrected chi connectivity index (χ0v) is 20.7. The SMILES string of the molecule is CCCC=C(N=C(CCC)c1ccc(OC)cc1)NC(=O)C(C)(C)C(C)c1ccc(F)cc1. The molecule has 0 bridgehead atoms. The number of rotatable bonds is 11. The Morgan fingerprint density at radius 1 is 1.09 bits per heavy atom. The lowest BCUT2D eigenvalue weighted by molar-refractivity contribution is -0.129. The Labute approximate surface area is 198 Å². The van der Waals surface area contributed by atoms with Gasteiger partial charge in [-0.25, -0.2) is 9.38 Å². The Hall–Kier alpha value is -2.95. The van der Waals surface area contributed by atoms with E-state index >= 15 is 0 Å². The van der Waals surface area contributed by atoms with Gasteiger partial charge in [0.1, 0.15) is 17.4 Å². The van der Waals surface area contributed by atoms with E-state index < -0.39 is 5.41 Å². The molecule has 2 aromatic rings. The molecule has 0 aliphatic heterocycles. The molecule has 2 aromatic carbocycles. The maximum atomic E-state index is 13.4. The van der Waals surface area contributed by atoms with Crippen LogP contribution in [-0.4, -0.2) is 18.7 Å². The molecule has 33 heavy (non-hydrogen) atoms. The topological polar surface area (TPSA) is 50.7 Å². The van der Waals surface area contributed by atoms with E-state index in [0.717, 1.165) is 48.3 Å². The van der Waals surface area contributed by atoms with Crippen molar-refractivity contribution < 1.29 is 13.9 Å². The Morgan fingerprint density at radius 2 is 1.73 bits per heavy atom. The van der Waals surface area contributed by atoms with Crippen LogP contribution in [0.5, 0.6) is 5.75 Å². The van der Waals surface area contributed by atoms with Crippen LogP contribution >= 0.6 is 0 Å². The van der Waals surface area contributed by atoms with Crippen LogP contribution in [0.15, 0.2) is 65.4 Å². The maximum Gasteiger partial charge on any atom is 0.231 e. The summed E-state index contributed by atoms with van der Waals surface area (Å²) >= 11 is 0. The van der Waals surface area contributed by atoms with Crippen LogP contribution in [0.1, 0.15) is 77.3 Å². The maximum absolute atomic E-state index is 13.4. The molecule has 0 saturated heterocycles. The molecule has 0 aliphatic rings. The van der Waals surface area contributed by atoms with Crippen molar-refractivity contribution in [2.24, 2.45) is 10.4 Å². The Morgan fingerprint density at radius 3 is 2.27 bits per heavy atom. The van der Waals surface area contributed by atoms with Gasteiger partial charge in [0.2, 0.25) is 5.91 Å². The second kappa shape index (κ2) is 12.3. The number of allylic oxidation sites excluding steroid dienone is 1. The van der Waals surface area contributed by atoms with E-state index in [1.165, 1.54) is 12.1 Å². The van der Waals surface area contributed by atoms with E-state index in [0.29, 0.717) is 5.82 Å². The summed E-state index contributed by atoms with van der Waals surface area (Å²) in [7, 11) is 1.64. The minimum atomic E-state index is -0.719. The van der Waals surface area contributed by atoms with Crippen LogP contribution in [0.4, 0.5) is 4.39 Å². The van der Waals surface area contributed by atoms with Crippen molar-refractivity contribution in [3.8, 4) is 5.75 Å². The molecule has 0 aromatic heterocycles. The van der Waals surface area contributed by atoms with Crippen molar-refractivity contribution in [1.29, 1.82) is 0 Å². The molecule has 178 valence electrons. The van der Waals surface area contributed by atoms with Crippen LogP contribution in [-0.2, 0) is 4.79 Å². The molecular formula is C28H37FN2O2. The lowest BCUT2D eigenvalue weighted by Crippen LogP contribution is -2.39. The van der Waals surface area contributed by atoms with Gasteiger partial charge in [0.15, 0.2) is 0 Å². The first-order chi connectivity index (χ1) is 15.7. The van der Waals surface area contributed by atoms with Gasteiger partial charge in [-0.3, -0.25) is 4.79 Å². The van der Waals surface area contributed by atoms with Gasteiger partial charge in [-0.1, -0.05) is 59.6 Å². The first kappa shape index (κ1) is 26.3. The third kappa shape index (κ3) is 7.28. The zero-order chi connectivity index (χ0) is 24.4. The number of nitrogens with zero attached hydrogens (tertiary/aromatic N) is 1. The molecule has 1 unspecified atom stereocenters. The second-order valence-corrected chi connectivity index (χ2v) is 8.86. The van der Waals surface area contributed by atoms with Crippen LogP contribution < -0.4 is 10.1 Å². The summed E-state index contributed by atoms with van der Waals surface area (Å²) < 4.78 is 18.6. The molecule has 0 spiro atoms. The highest BCUT2D eigenvalue weighted by Gasteiger charge is 2.35. The number of carbonyl (C=O) groups excluding carboxylic acids is 1. The number of hydrogen-bond acceptors (Lipinski definition) is 3. The quantitative estimate of drug-likeness (QED) is 0.373. The number of amides is 1. The molecule has 0 aliphatic carbocycles. The molecule has 0 heterocycles. The zero-order valence-electron chi connectivity index (χ0n) is 20.7. The van der Waals surface area contributed by atoms with Gasteiger partial charge in [0, 0.05) is 0 Å². The summed E-state index contributed by atoms with van der Waals surface area (Å²) in [6.45, 7) is 10.0. The predicted molar refractivity (Wildman–Crippen MR) is 134 cm³/mol. The standard InChI is InChI=1S/C28H37FN2O2/c1-7-9-11-26(30-25(10-8-2)22-14-18-24(33-6)19-15-22)31-27(32)28(4,5)20(3)21-12-16-23(29)17-13-21/h11-20H,7-10H2,1-6H3,(H,31,32). The number of unbranched alkanes of at least 4 members (excludes halogenated alkanes) is 1. The van der Waals surface area contributed by atoms with Crippen molar-refractivity contribution in [3.63, 3.8) is 0 Å². The molecule has 4 nitrogen and oxygen atoms in total. The van der Waals surface area contributed by atoms with Crippen molar-refractivity contribution >= 4 is 11.6 Å². The van der Waals surface area contributed by atoms with Gasteiger partial charge in [-0.2, -0.15) is 0 Å². The first-order valence-electron chi connectivity index (χ1n) is 11.7. The third-order valence-corrected chi connectivity index (χ3v) is 6.07. The smallest absolute Gasteiger partial charge is 0.231 e. The number of halogens is 1. The predicted octanol–water partition coefficient (Wildman–Crippen LogP) is 7.01. The lowest BCUT2D eigenvalue weighted by atomic mass is 9.75. The number of carbonyl (C=O) groups is 1. The third-order valence-electron chi connectivity index (χ3n) is 6.07. The van der Waals surface area contributed by atoms with E-state index in [1.807, 2.05) is 51.1 Å². The van der Waals surface area contributed by atoms with Crippen LogP contribution in [0.2, 0.25) is 0 Å². The van der Waals surface area contributed by atoms with Crippen LogP contribution in [0.25, 0.3) is 0 Å². The van der Waals surface area contributed by atoms with E-state index in [4.69, 9.17) is 9.73 Å². The summed E-state index contributed by atoms with van der Waals surface area (Å²) in [6, 6.07) is 14.2. The number of ether oxygens (including phenoxy) is 1. The summed E-state index contributed by atoms with van der Waals surface area (Å²) in [6.07, 6.45) is 5.48. The van der Waals surface area contributed by atoms with Gasteiger partial charge in [0.25, 0.3) is 0 Å². The van der Waals surface area contributed by atoms with Gasteiger partial charge in [-0.15, -0.1) is 0 Å². The number of nitrogens with one attached hydrogen (secondary N) is 1. The number of benzene rings is 2. The van der Waals surface area contributed by atoms with E-state index in [1.54, 1.807) is 19.2 Å². The minimum absolute atomic E-state index is 0.105. The fourth-order valence-corrected chi connectivity index (χ4v) is 3.48. The number of aliphatic imine (C=N–C) groups is 1. The highest BCUT2D eigenvalue weighted by atomic mass is 19.1. The van der Waals surface area contributed by atoms with Crippen LogP contribution in [0.3, 0.4) is 0 Å². The fourth-order valence-electron chi connectivity index (χ4n) is 3.48. The van der Waals surface area contributed by atoms with Gasteiger partial charge in [0.05, 0.1) is 18.2 Å². The molecule has 0 radical (unpaired) electrons. The highest BCUT2D eigenvalue weighted by Crippen LogP contribution is 2.35. The second-order valence-electron chi connectivity index (χ2n) is 8.86. The van der Waals surface area contributed by atoms with Gasteiger partial charge < -0.3 is 10.1 Å². The normalized spacial score (nSPS) is 13.5. The van der Waals surface area contributed by atoms with Crippen molar-refractivity contribution in [2.45, 2.75) is 66.2 Å². The van der Waals surface area contributed by atoms with E-state index in [2.05, 4.69) is 19.2 Å². The molecule has 5 heteroatoms. The Balaban J connectivity index is 2.32. The molecule has 2 rings (SSSR count). The molecular weight excluding hydrogens is 415 g/mol. The van der Waals surface area contributed by atoms with Gasteiger partial charge in [-0.05, 0) is 72.4 Å². The average molecular weight is 453 g/mol. The fraction of sp³-hybridized carbons (Fsp3) is 0.429. The first-order valence-corrected chi connectivity index (χ1v) is 11.7. The molecule has 1 N–H and O–H groups in total. The lowest BCUT2D eigenvalue weighted by Gasteiger charge is -2.31. The molecule has 1 atom stereocenters. The summed E-state index contributed by atoms with van der Waals surface area (Å²) in [5.41, 5.74) is 2.13. The van der Waals surface area contributed by atoms with Crippen molar-refractivity contribution in [3.05, 3.63) is 77.4 Å². The van der Waals surface area contributed by atoms with E-state index in [9.17, 15) is 9.18 Å². The molecule has 1 amide bonds. The largest absolute Gasteiger partial charge is 0.497 e.